The number of rotatable bonds is 4. The van der Waals surface area contributed by atoms with Gasteiger partial charge in [0, 0.05) is 0 Å². The summed E-state index contributed by atoms with van der Waals surface area (Å²) in [6, 6.07) is 0.314. The van der Waals surface area contributed by atoms with Crippen LogP contribution < -0.4 is 5.14 Å². The number of hydrogen-bond acceptors (Lipinski definition) is 3. The van der Waals surface area contributed by atoms with E-state index in [1.165, 1.54) is 12.8 Å². The smallest absolute Gasteiger partial charge is 0.241 e. The van der Waals surface area contributed by atoms with Gasteiger partial charge in [0.05, 0.1) is 17.4 Å². The van der Waals surface area contributed by atoms with Gasteiger partial charge in [-0.3, -0.25) is 4.68 Å². The molecule has 2 N–H and O–H groups in total. The van der Waals surface area contributed by atoms with Crippen molar-refractivity contribution >= 4 is 10.0 Å². The molecule has 6 heteroatoms. The van der Waals surface area contributed by atoms with Crippen molar-refractivity contribution in [1.29, 1.82) is 0 Å². The minimum Gasteiger partial charge on any atom is -0.265 e. The lowest BCUT2D eigenvalue weighted by Gasteiger charge is -2.28. The Labute approximate surface area is 121 Å². The predicted molar refractivity (Wildman–Crippen MR) is 79.0 cm³/mol. The second-order valence-electron chi connectivity index (χ2n) is 5.84. The monoisotopic (exact) mass is 299 g/mol. The van der Waals surface area contributed by atoms with Crippen molar-refractivity contribution in [2.75, 3.05) is 0 Å². The maximum absolute atomic E-state index is 11.9. The Hall–Kier alpha value is -0.880. The SMILES string of the molecule is CCc1nn(C2CCCC(C)C2)c(CC)c1S(N)(=O)=O. The fourth-order valence-electron chi connectivity index (χ4n) is 3.31. The normalized spacial score (nSPS) is 24.0. The van der Waals surface area contributed by atoms with E-state index >= 15 is 0 Å². The average molecular weight is 299 g/mol. The number of sulfonamides is 1. The first kappa shape index (κ1) is 15.5. The first-order valence-corrected chi connectivity index (χ1v) is 9.06. The lowest BCUT2D eigenvalue weighted by Crippen LogP contribution is -2.21. The van der Waals surface area contributed by atoms with E-state index in [1.54, 1.807) is 0 Å². The molecule has 5 nitrogen and oxygen atoms in total. The molecule has 20 heavy (non-hydrogen) atoms. The van der Waals surface area contributed by atoms with Gasteiger partial charge >= 0.3 is 0 Å². The molecular formula is C14H25N3O2S. The van der Waals surface area contributed by atoms with Gasteiger partial charge in [-0.15, -0.1) is 0 Å². The Bertz CT molecular complexity index is 577. The molecule has 0 aliphatic heterocycles. The van der Waals surface area contributed by atoms with Crippen LogP contribution in [0, 0.1) is 5.92 Å². The summed E-state index contributed by atoms with van der Waals surface area (Å²) in [4.78, 5) is 0.265. The molecule has 114 valence electrons. The van der Waals surface area contributed by atoms with Crippen LogP contribution in [0.25, 0.3) is 0 Å². The molecule has 0 spiro atoms. The minimum absolute atomic E-state index is 0.265. The van der Waals surface area contributed by atoms with Crippen molar-refractivity contribution in [3.05, 3.63) is 11.4 Å². The molecule has 2 rings (SSSR count). The van der Waals surface area contributed by atoms with Gasteiger partial charge in [-0.1, -0.05) is 33.6 Å². The third-order valence-electron chi connectivity index (χ3n) is 4.24. The molecule has 0 bridgehead atoms. The van der Waals surface area contributed by atoms with E-state index < -0.39 is 10.0 Å². The molecule has 2 unspecified atom stereocenters. The summed E-state index contributed by atoms with van der Waals surface area (Å²) < 4.78 is 25.7. The molecule has 1 aliphatic carbocycles. The van der Waals surface area contributed by atoms with E-state index in [4.69, 9.17) is 5.14 Å². The zero-order valence-corrected chi connectivity index (χ0v) is 13.4. The van der Waals surface area contributed by atoms with Gasteiger partial charge in [-0.2, -0.15) is 5.10 Å². The van der Waals surface area contributed by atoms with E-state index in [2.05, 4.69) is 12.0 Å². The second-order valence-corrected chi connectivity index (χ2v) is 7.34. The Balaban J connectivity index is 2.51. The predicted octanol–water partition coefficient (Wildman–Crippen LogP) is 2.41. The second kappa shape index (κ2) is 5.85. The lowest BCUT2D eigenvalue weighted by molar-refractivity contribution is 0.261. The van der Waals surface area contributed by atoms with Crippen LogP contribution in [0.5, 0.6) is 0 Å². The van der Waals surface area contributed by atoms with Crippen molar-refractivity contribution in [3.63, 3.8) is 0 Å². The third kappa shape index (κ3) is 2.91. The van der Waals surface area contributed by atoms with Gasteiger partial charge in [-0.25, -0.2) is 13.6 Å². The Morgan fingerprint density at radius 3 is 2.50 bits per heavy atom. The third-order valence-corrected chi connectivity index (χ3v) is 5.28. The number of aryl methyl sites for hydroxylation is 1. The summed E-state index contributed by atoms with van der Waals surface area (Å²) >= 11 is 0. The van der Waals surface area contributed by atoms with Crippen LogP contribution in [-0.4, -0.2) is 18.2 Å². The van der Waals surface area contributed by atoms with Crippen molar-refractivity contribution < 1.29 is 8.42 Å². The van der Waals surface area contributed by atoms with E-state index in [-0.39, 0.29) is 4.90 Å². The van der Waals surface area contributed by atoms with E-state index in [0.717, 1.165) is 18.5 Å². The standard InChI is InChI=1S/C14H25N3O2S/c1-4-12-14(20(15,18)19)13(5-2)17(16-12)11-8-6-7-10(3)9-11/h10-11H,4-9H2,1-3H3,(H2,15,18,19). The summed E-state index contributed by atoms with van der Waals surface area (Å²) in [5.74, 6) is 0.672. The fraction of sp³-hybridized carbons (Fsp3) is 0.786. The van der Waals surface area contributed by atoms with Crippen LogP contribution in [0.3, 0.4) is 0 Å². The van der Waals surface area contributed by atoms with Crippen LogP contribution in [0.4, 0.5) is 0 Å². The molecular weight excluding hydrogens is 274 g/mol. The minimum atomic E-state index is -3.70. The van der Waals surface area contributed by atoms with Gasteiger partial charge in [0.25, 0.3) is 0 Å². The largest absolute Gasteiger partial charge is 0.265 e. The number of primary sulfonamides is 1. The van der Waals surface area contributed by atoms with Crippen LogP contribution in [0.2, 0.25) is 0 Å². The van der Waals surface area contributed by atoms with E-state index in [1.807, 2.05) is 18.5 Å². The molecule has 1 aromatic rings. The number of hydrogen-bond donors (Lipinski definition) is 1. The zero-order chi connectivity index (χ0) is 14.9. The molecule has 2 atom stereocenters. The Kier molecular flexibility index (Phi) is 4.54. The van der Waals surface area contributed by atoms with E-state index in [9.17, 15) is 8.42 Å². The highest BCUT2D eigenvalue weighted by Crippen LogP contribution is 2.34. The highest BCUT2D eigenvalue weighted by Gasteiger charge is 2.29. The summed E-state index contributed by atoms with van der Waals surface area (Å²) in [6.07, 6.45) is 5.81. The average Bonchev–Trinajstić information content (AvgIpc) is 2.77. The van der Waals surface area contributed by atoms with Gasteiger partial charge in [0.15, 0.2) is 0 Å². The lowest BCUT2D eigenvalue weighted by atomic mass is 9.87. The molecule has 1 fully saturated rings. The van der Waals surface area contributed by atoms with Crippen molar-refractivity contribution in [2.24, 2.45) is 11.1 Å². The molecule has 1 aromatic heterocycles. The van der Waals surface area contributed by atoms with Crippen LogP contribution in [0.1, 0.15) is 63.9 Å². The van der Waals surface area contributed by atoms with Crippen molar-refractivity contribution in [3.8, 4) is 0 Å². The molecule has 1 aliphatic rings. The maximum Gasteiger partial charge on any atom is 0.241 e. The molecule has 1 saturated carbocycles. The van der Waals surface area contributed by atoms with Gasteiger partial charge in [-0.05, 0) is 31.6 Å². The molecule has 0 amide bonds. The summed E-state index contributed by atoms with van der Waals surface area (Å²) in [5, 5.41) is 9.98. The van der Waals surface area contributed by atoms with Crippen LogP contribution in [0.15, 0.2) is 4.90 Å². The number of aromatic nitrogens is 2. The van der Waals surface area contributed by atoms with Crippen LogP contribution in [-0.2, 0) is 22.9 Å². The van der Waals surface area contributed by atoms with Crippen molar-refractivity contribution in [1.82, 2.24) is 9.78 Å². The molecule has 0 radical (unpaired) electrons. The molecule has 0 aromatic carbocycles. The fourth-order valence-corrected chi connectivity index (χ4v) is 4.39. The Morgan fingerprint density at radius 1 is 1.30 bits per heavy atom. The summed E-state index contributed by atoms with van der Waals surface area (Å²) in [7, 11) is -3.70. The zero-order valence-electron chi connectivity index (χ0n) is 12.6. The molecule has 1 heterocycles. The summed E-state index contributed by atoms with van der Waals surface area (Å²) in [6.45, 7) is 6.14. The molecule has 0 saturated heterocycles. The number of nitrogens with zero attached hydrogens (tertiary/aromatic N) is 2. The van der Waals surface area contributed by atoms with Crippen molar-refractivity contribution in [2.45, 2.75) is 70.2 Å². The van der Waals surface area contributed by atoms with Gasteiger partial charge in [0.1, 0.15) is 4.90 Å². The number of nitrogens with two attached hydrogens (primary N) is 1. The quantitative estimate of drug-likeness (QED) is 0.927. The summed E-state index contributed by atoms with van der Waals surface area (Å²) in [5.41, 5.74) is 1.39. The van der Waals surface area contributed by atoms with Gasteiger partial charge < -0.3 is 0 Å². The topological polar surface area (TPSA) is 78.0 Å². The maximum atomic E-state index is 11.9. The first-order chi connectivity index (χ1) is 9.38. The van der Waals surface area contributed by atoms with Gasteiger partial charge in [0.2, 0.25) is 10.0 Å². The first-order valence-electron chi connectivity index (χ1n) is 7.51. The Morgan fingerprint density at radius 2 is 2.00 bits per heavy atom. The van der Waals surface area contributed by atoms with E-state index in [0.29, 0.717) is 30.5 Å². The highest BCUT2D eigenvalue weighted by atomic mass is 32.2. The highest BCUT2D eigenvalue weighted by molar-refractivity contribution is 7.89. The van der Waals surface area contributed by atoms with Crippen LogP contribution >= 0.6 is 0 Å².